The summed E-state index contributed by atoms with van der Waals surface area (Å²) >= 11 is 1.79. The molecule has 1 unspecified atom stereocenters. The van der Waals surface area contributed by atoms with Gasteiger partial charge in [0.25, 0.3) is 0 Å². The van der Waals surface area contributed by atoms with Crippen molar-refractivity contribution in [2.45, 2.75) is 51.5 Å². The fraction of sp³-hybridized carbons (Fsp3) is 0.714. The van der Waals surface area contributed by atoms with E-state index >= 15 is 0 Å². The van der Waals surface area contributed by atoms with Gasteiger partial charge in [-0.05, 0) is 19.8 Å². The highest BCUT2D eigenvalue weighted by Crippen LogP contribution is 2.27. The first-order chi connectivity index (χ1) is 9.06. The van der Waals surface area contributed by atoms with Gasteiger partial charge < -0.3 is 10.1 Å². The van der Waals surface area contributed by atoms with Gasteiger partial charge in [0.05, 0.1) is 0 Å². The Bertz CT molecular complexity index is 385. The van der Waals surface area contributed by atoms with Crippen molar-refractivity contribution >= 4 is 17.6 Å². The first kappa shape index (κ1) is 16.2. The normalized spacial score (nSPS) is 12.7. The van der Waals surface area contributed by atoms with Crippen LogP contribution < -0.4 is 5.32 Å². The summed E-state index contributed by atoms with van der Waals surface area (Å²) in [6.45, 7) is 12.7. The van der Waals surface area contributed by atoms with Crippen LogP contribution in [0, 0.1) is 5.92 Å². The summed E-state index contributed by atoms with van der Waals surface area (Å²) in [5.41, 5.74) is 0. The largest absolute Gasteiger partial charge is 0.374 e. The van der Waals surface area contributed by atoms with Crippen LogP contribution in [0.5, 0.6) is 0 Å². The zero-order chi connectivity index (χ0) is 14.3. The molecule has 0 aromatic carbocycles. The number of nitrogens with zero attached hydrogens (tertiary/aromatic N) is 2. The van der Waals surface area contributed by atoms with Crippen molar-refractivity contribution in [1.82, 2.24) is 9.97 Å². The molecule has 0 saturated heterocycles. The highest BCUT2D eigenvalue weighted by Gasteiger charge is 2.12. The van der Waals surface area contributed by atoms with Crippen molar-refractivity contribution in [1.29, 1.82) is 0 Å². The molecule has 1 rings (SSSR count). The maximum absolute atomic E-state index is 5.40. The lowest BCUT2D eigenvalue weighted by atomic mass is 10.2. The molecule has 19 heavy (non-hydrogen) atoms. The molecular formula is C14H25N3OS. The number of aromatic nitrogens is 2. The van der Waals surface area contributed by atoms with E-state index in [1.807, 2.05) is 13.0 Å². The van der Waals surface area contributed by atoms with E-state index in [1.54, 1.807) is 11.8 Å². The van der Waals surface area contributed by atoms with Crippen LogP contribution in [0.2, 0.25) is 0 Å². The number of rotatable bonds is 8. The molecule has 0 spiro atoms. The Balaban J connectivity index is 2.85. The van der Waals surface area contributed by atoms with E-state index in [4.69, 9.17) is 4.74 Å². The van der Waals surface area contributed by atoms with Crippen molar-refractivity contribution in [3.63, 3.8) is 0 Å². The summed E-state index contributed by atoms with van der Waals surface area (Å²) in [5, 5.41) is 4.79. The average Bonchev–Trinajstić information content (AvgIpc) is 2.36. The summed E-state index contributed by atoms with van der Waals surface area (Å²) in [6, 6.07) is 2.02. The van der Waals surface area contributed by atoms with Crippen molar-refractivity contribution in [2.24, 2.45) is 5.92 Å². The van der Waals surface area contributed by atoms with E-state index in [0.717, 1.165) is 23.2 Å². The molecule has 1 heterocycles. The maximum Gasteiger partial charge on any atom is 0.157 e. The van der Waals surface area contributed by atoms with Gasteiger partial charge in [-0.25, -0.2) is 9.97 Å². The molecule has 0 aliphatic rings. The molecule has 1 aromatic rings. The van der Waals surface area contributed by atoms with Crippen LogP contribution in [0.3, 0.4) is 0 Å². The standard InChI is InChI=1S/C14H25N3OS/c1-6-15-12-8-14(19-11(5)10(3)4)17-13(16-12)9-18-7-2/h8,10-11H,6-7,9H2,1-5H3,(H,15,16,17). The van der Waals surface area contributed by atoms with Gasteiger partial charge in [-0.15, -0.1) is 11.8 Å². The Morgan fingerprint density at radius 2 is 2.00 bits per heavy atom. The van der Waals surface area contributed by atoms with Crippen molar-refractivity contribution in [2.75, 3.05) is 18.5 Å². The summed E-state index contributed by atoms with van der Waals surface area (Å²) in [6.07, 6.45) is 0. The molecule has 0 radical (unpaired) electrons. The molecule has 1 atom stereocenters. The van der Waals surface area contributed by atoms with Gasteiger partial charge in [0, 0.05) is 24.5 Å². The number of thioether (sulfide) groups is 1. The molecule has 1 aromatic heterocycles. The van der Waals surface area contributed by atoms with Gasteiger partial charge in [-0.3, -0.25) is 0 Å². The first-order valence-electron chi connectivity index (χ1n) is 6.93. The smallest absolute Gasteiger partial charge is 0.157 e. The molecule has 5 heteroatoms. The van der Waals surface area contributed by atoms with Gasteiger partial charge in [-0.2, -0.15) is 0 Å². The predicted octanol–water partition coefficient (Wildman–Crippen LogP) is 3.58. The minimum Gasteiger partial charge on any atom is -0.374 e. The molecule has 4 nitrogen and oxygen atoms in total. The second-order valence-corrected chi connectivity index (χ2v) is 6.14. The molecule has 0 aliphatic heterocycles. The van der Waals surface area contributed by atoms with Crippen LogP contribution in [0.4, 0.5) is 5.82 Å². The molecule has 108 valence electrons. The van der Waals surface area contributed by atoms with Crippen LogP contribution in [-0.2, 0) is 11.3 Å². The van der Waals surface area contributed by atoms with Gasteiger partial charge in [0.2, 0.25) is 0 Å². The molecule has 0 amide bonds. The topological polar surface area (TPSA) is 47.0 Å². The van der Waals surface area contributed by atoms with Gasteiger partial charge in [0.15, 0.2) is 5.82 Å². The lowest BCUT2D eigenvalue weighted by molar-refractivity contribution is 0.128. The number of hydrogen-bond acceptors (Lipinski definition) is 5. The SMILES string of the molecule is CCNc1cc(SC(C)C(C)C)nc(COCC)n1. The molecule has 0 aliphatic carbocycles. The zero-order valence-corrected chi connectivity index (χ0v) is 13.4. The summed E-state index contributed by atoms with van der Waals surface area (Å²) in [5.74, 6) is 2.25. The zero-order valence-electron chi connectivity index (χ0n) is 12.6. The third kappa shape index (κ3) is 5.78. The number of ether oxygens (including phenoxy) is 1. The van der Waals surface area contributed by atoms with E-state index in [0.29, 0.717) is 24.4 Å². The first-order valence-corrected chi connectivity index (χ1v) is 7.81. The Morgan fingerprint density at radius 1 is 1.26 bits per heavy atom. The van der Waals surface area contributed by atoms with E-state index in [9.17, 15) is 0 Å². The lowest BCUT2D eigenvalue weighted by Crippen LogP contribution is -2.09. The monoisotopic (exact) mass is 283 g/mol. The third-order valence-electron chi connectivity index (χ3n) is 2.79. The minimum atomic E-state index is 0.472. The van der Waals surface area contributed by atoms with Crippen LogP contribution >= 0.6 is 11.8 Å². The summed E-state index contributed by atoms with van der Waals surface area (Å²) < 4.78 is 5.40. The van der Waals surface area contributed by atoms with Crippen LogP contribution in [0.1, 0.15) is 40.4 Å². The van der Waals surface area contributed by atoms with E-state index in [2.05, 4.69) is 43.0 Å². The highest BCUT2D eigenvalue weighted by atomic mass is 32.2. The van der Waals surface area contributed by atoms with Gasteiger partial charge >= 0.3 is 0 Å². The number of hydrogen-bond donors (Lipinski definition) is 1. The van der Waals surface area contributed by atoms with Gasteiger partial charge in [-0.1, -0.05) is 20.8 Å². The Kier molecular flexibility index (Phi) is 7.16. The minimum absolute atomic E-state index is 0.472. The maximum atomic E-state index is 5.40. The molecular weight excluding hydrogens is 258 g/mol. The van der Waals surface area contributed by atoms with Crippen LogP contribution in [-0.4, -0.2) is 28.4 Å². The summed E-state index contributed by atoms with van der Waals surface area (Å²) in [7, 11) is 0. The third-order valence-corrected chi connectivity index (χ3v) is 4.15. The quantitative estimate of drug-likeness (QED) is 0.583. The fourth-order valence-corrected chi connectivity index (χ4v) is 2.38. The Labute approximate surface area is 120 Å². The molecule has 1 N–H and O–H groups in total. The second-order valence-electron chi connectivity index (χ2n) is 4.74. The number of nitrogens with one attached hydrogen (secondary N) is 1. The van der Waals surface area contributed by atoms with Crippen molar-refractivity contribution < 1.29 is 4.74 Å². The van der Waals surface area contributed by atoms with Crippen LogP contribution in [0.15, 0.2) is 11.1 Å². The van der Waals surface area contributed by atoms with Gasteiger partial charge in [0.1, 0.15) is 17.5 Å². The molecule has 0 saturated carbocycles. The van der Waals surface area contributed by atoms with Crippen molar-refractivity contribution in [3.8, 4) is 0 Å². The predicted molar refractivity (Wildman–Crippen MR) is 81.7 cm³/mol. The van der Waals surface area contributed by atoms with E-state index in [1.165, 1.54) is 0 Å². The van der Waals surface area contributed by atoms with E-state index < -0.39 is 0 Å². The van der Waals surface area contributed by atoms with E-state index in [-0.39, 0.29) is 0 Å². The lowest BCUT2D eigenvalue weighted by Gasteiger charge is -2.15. The fourth-order valence-electron chi connectivity index (χ4n) is 1.39. The molecule has 0 bridgehead atoms. The highest BCUT2D eigenvalue weighted by molar-refractivity contribution is 7.99. The molecule has 0 fully saturated rings. The van der Waals surface area contributed by atoms with Crippen molar-refractivity contribution in [3.05, 3.63) is 11.9 Å². The van der Waals surface area contributed by atoms with Crippen LogP contribution in [0.25, 0.3) is 0 Å². The number of anilines is 1. The summed E-state index contributed by atoms with van der Waals surface area (Å²) in [4.78, 5) is 9.01. The second kappa shape index (κ2) is 8.38. The average molecular weight is 283 g/mol. The Hall–Kier alpha value is -0.810. The Morgan fingerprint density at radius 3 is 2.58 bits per heavy atom.